The standard InChI is InChI=1S/C16H19F2NS/c1-4-7-19-16(12-8-11(3)20-9-12)14-13(17)6-5-10(2)15(14)18/h5-6,8-9,16,19H,4,7H2,1-3H3. The average Bonchev–Trinajstić information content (AvgIpc) is 2.84. The normalized spacial score (nSPS) is 12.7. The molecule has 0 bridgehead atoms. The molecular weight excluding hydrogens is 276 g/mol. The largest absolute Gasteiger partial charge is 0.306 e. The van der Waals surface area contributed by atoms with Crippen molar-refractivity contribution in [2.24, 2.45) is 0 Å². The van der Waals surface area contributed by atoms with Gasteiger partial charge < -0.3 is 5.32 Å². The molecule has 2 aromatic rings. The minimum absolute atomic E-state index is 0.122. The zero-order valence-corrected chi connectivity index (χ0v) is 12.8. The SMILES string of the molecule is CCCNC(c1csc(C)c1)c1c(F)ccc(C)c1F. The van der Waals surface area contributed by atoms with Gasteiger partial charge in [-0.05, 0) is 55.5 Å². The van der Waals surface area contributed by atoms with Crippen molar-refractivity contribution in [1.82, 2.24) is 5.32 Å². The second-order valence-electron chi connectivity index (χ2n) is 4.97. The van der Waals surface area contributed by atoms with Crippen LogP contribution in [0.4, 0.5) is 8.78 Å². The van der Waals surface area contributed by atoms with Crippen molar-refractivity contribution in [3.8, 4) is 0 Å². The van der Waals surface area contributed by atoms with Crippen LogP contribution in [0, 0.1) is 25.5 Å². The molecule has 1 heterocycles. The molecule has 1 aromatic carbocycles. The lowest BCUT2D eigenvalue weighted by Crippen LogP contribution is -2.25. The number of thiophene rings is 1. The summed E-state index contributed by atoms with van der Waals surface area (Å²) in [6.45, 7) is 6.40. The fraction of sp³-hybridized carbons (Fsp3) is 0.375. The van der Waals surface area contributed by atoms with E-state index in [-0.39, 0.29) is 5.56 Å². The molecule has 0 saturated heterocycles. The molecule has 1 N–H and O–H groups in total. The molecular formula is C16H19F2NS. The minimum Gasteiger partial charge on any atom is -0.306 e. The number of benzene rings is 1. The molecule has 1 aromatic heterocycles. The number of nitrogens with one attached hydrogen (secondary N) is 1. The van der Waals surface area contributed by atoms with Crippen molar-refractivity contribution in [3.05, 3.63) is 56.8 Å². The maximum Gasteiger partial charge on any atom is 0.134 e. The Bertz CT molecular complexity index is 592. The molecule has 0 radical (unpaired) electrons. The predicted octanol–water partition coefficient (Wildman–Crippen LogP) is 4.73. The number of hydrogen-bond acceptors (Lipinski definition) is 2. The van der Waals surface area contributed by atoms with Crippen LogP contribution >= 0.6 is 11.3 Å². The van der Waals surface area contributed by atoms with Crippen LogP contribution in [0.5, 0.6) is 0 Å². The van der Waals surface area contributed by atoms with Crippen molar-refractivity contribution in [2.45, 2.75) is 33.2 Å². The van der Waals surface area contributed by atoms with E-state index in [0.717, 1.165) is 16.9 Å². The Morgan fingerprint density at radius 3 is 2.60 bits per heavy atom. The highest BCUT2D eigenvalue weighted by Gasteiger charge is 2.23. The predicted molar refractivity (Wildman–Crippen MR) is 80.3 cm³/mol. The van der Waals surface area contributed by atoms with Gasteiger partial charge >= 0.3 is 0 Å². The van der Waals surface area contributed by atoms with Gasteiger partial charge in [0.25, 0.3) is 0 Å². The molecule has 0 amide bonds. The van der Waals surface area contributed by atoms with Gasteiger partial charge in [-0.25, -0.2) is 8.78 Å². The van der Waals surface area contributed by atoms with Crippen molar-refractivity contribution in [2.75, 3.05) is 6.54 Å². The van der Waals surface area contributed by atoms with Gasteiger partial charge in [-0.1, -0.05) is 13.0 Å². The van der Waals surface area contributed by atoms with E-state index in [1.54, 1.807) is 18.3 Å². The van der Waals surface area contributed by atoms with Crippen molar-refractivity contribution >= 4 is 11.3 Å². The Morgan fingerprint density at radius 1 is 1.25 bits per heavy atom. The topological polar surface area (TPSA) is 12.0 Å². The molecule has 1 atom stereocenters. The molecule has 0 fully saturated rings. The molecule has 4 heteroatoms. The van der Waals surface area contributed by atoms with Gasteiger partial charge in [-0.3, -0.25) is 0 Å². The van der Waals surface area contributed by atoms with Crippen LogP contribution in [0.15, 0.2) is 23.6 Å². The number of aryl methyl sites for hydroxylation is 2. The van der Waals surface area contributed by atoms with Crippen LogP contribution in [0.2, 0.25) is 0 Å². The van der Waals surface area contributed by atoms with Crippen molar-refractivity contribution in [3.63, 3.8) is 0 Å². The summed E-state index contributed by atoms with van der Waals surface area (Å²) >= 11 is 1.59. The highest BCUT2D eigenvalue weighted by Crippen LogP contribution is 2.31. The third-order valence-electron chi connectivity index (χ3n) is 3.29. The molecule has 1 unspecified atom stereocenters. The van der Waals surface area contributed by atoms with E-state index in [2.05, 4.69) is 5.32 Å². The number of hydrogen-bond donors (Lipinski definition) is 1. The number of halogens is 2. The first kappa shape index (κ1) is 15.1. The Balaban J connectivity index is 2.49. The molecule has 108 valence electrons. The van der Waals surface area contributed by atoms with E-state index in [1.165, 1.54) is 12.1 Å². The van der Waals surface area contributed by atoms with Gasteiger partial charge in [0.15, 0.2) is 0 Å². The van der Waals surface area contributed by atoms with Crippen LogP contribution in [0.25, 0.3) is 0 Å². The van der Waals surface area contributed by atoms with E-state index in [1.807, 2.05) is 25.3 Å². The lowest BCUT2D eigenvalue weighted by Gasteiger charge is -2.20. The third kappa shape index (κ3) is 3.07. The smallest absolute Gasteiger partial charge is 0.134 e. The lowest BCUT2D eigenvalue weighted by molar-refractivity contribution is 0.500. The molecule has 0 saturated carbocycles. The summed E-state index contributed by atoms with van der Waals surface area (Å²) in [7, 11) is 0. The number of rotatable bonds is 5. The third-order valence-corrected chi connectivity index (χ3v) is 4.17. The van der Waals surface area contributed by atoms with Crippen LogP contribution < -0.4 is 5.32 Å². The molecule has 0 aliphatic carbocycles. The van der Waals surface area contributed by atoms with Crippen LogP contribution in [0.3, 0.4) is 0 Å². The van der Waals surface area contributed by atoms with E-state index in [0.29, 0.717) is 12.1 Å². The van der Waals surface area contributed by atoms with Gasteiger partial charge in [0.1, 0.15) is 11.6 Å². The highest BCUT2D eigenvalue weighted by molar-refractivity contribution is 7.10. The summed E-state index contributed by atoms with van der Waals surface area (Å²) in [6, 6.07) is 4.37. The summed E-state index contributed by atoms with van der Waals surface area (Å²) < 4.78 is 28.5. The first-order valence-corrected chi connectivity index (χ1v) is 7.65. The van der Waals surface area contributed by atoms with Crippen LogP contribution in [0.1, 0.15) is 41.0 Å². The van der Waals surface area contributed by atoms with E-state index >= 15 is 0 Å². The molecule has 0 spiro atoms. The van der Waals surface area contributed by atoms with Gasteiger partial charge in [0.2, 0.25) is 0 Å². The highest BCUT2D eigenvalue weighted by atomic mass is 32.1. The summed E-state index contributed by atoms with van der Waals surface area (Å²) in [4.78, 5) is 1.14. The Hall–Kier alpha value is -1.26. The summed E-state index contributed by atoms with van der Waals surface area (Å²) in [5.41, 5.74) is 1.51. The van der Waals surface area contributed by atoms with Crippen LogP contribution in [-0.4, -0.2) is 6.54 Å². The van der Waals surface area contributed by atoms with E-state index in [4.69, 9.17) is 0 Å². The van der Waals surface area contributed by atoms with Crippen molar-refractivity contribution in [1.29, 1.82) is 0 Å². The van der Waals surface area contributed by atoms with Crippen molar-refractivity contribution < 1.29 is 8.78 Å². The summed E-state index contributed by atoms with van der Waals surface area (Å²) in [5, 5.41) is 5.21. The Morgan fingerprint density at radius 2 is 2.00 bits per heavy atom. The zero-order valence-electron chi connectivity index (χ0n) is 12.0. The van der Waals surface area contributed by atoms with Crippen LogP contribution in [-0.2, 0) is 0 Å². The molecule has 20 heavy (non-hydrogen) atoms. The molecule has 0 aliphatic heterocycles. The Labute approximate surface area is 122 Å². The summed E-state index contributed by atoms with van der Waals surface area (Å²) in [6.07, 6.45) is 0.911. The first-order valence-electron chi connectivity index (χ1n) is 6.77. The second kappa shape index (κ2) is 6.46. The maximum absolute atomic E-state index is 14.4. The zero-order chi connectivity index (χ0) is 14.7. The monoisotopic (exact) mass is 295 g/mol. The summed E-state index contributed by atoms with van der Waals surface area (Å²) in [5.74, 6) is -0.951. The van der Waals surface area contributed by atoms with Gasteiger partial charge in [-0.15, -0.1) is 11.3 Å². The average molecular weight is 295 g/mol. The van der Waals surface area contributed by atoms with E-state index in [9.17, 15) is 8.78 Å². The second-order valence-corrected chi connectivity index (χ2v) is 6.09. The minimum atomic E-state index is -0.495. The fourth-order valence-electron chi connectivity index (χ4n) is 2.23. The lowest BCUT2D eigenvalue weighted by atomic mass is 9.97. The fourth-order valence-corrected chi connectivity index (χ4v) is 2.96. The molecule has 2 rings (SSSR count). The van der Waals surface area contributed by atoms with Gasteiger partial charge in [0, 0.05) is 10.4 Å². The Kier molecular flexibility index (Phi) is 4.89. The maximum atomic E-state index is 14.4. The molecule has 1 nitrogen and oxygen atoms in total. The van der Waals surface area contributed by atoms with Gasteiger partial charge in [0.05, 0.1) is 6.04 Å². The quantitative estimate of drug-likeness (QED) is 0.840. The first-order chi connectivity index (χ1) is 9.54. The van der Waals surface area contributed by atoms with Gasteiger partial charge in [-0.2, -0.15) is 0 Å². The molecule has 0 aliphatic rings. The van der Waals surface area contributed by atoms with E-state index < -0.39 is 17.7 Å².